The minimum Gasteiger partial charge on any atom is -0.393 e. The molecule has 1 aliphatic heterocycles. The molecule has 4 aliphatic carbocycles. The number of allylic oxidation sites excluding steroid dienone is 2. The maximum atomic E-state index is 10.8. The fourth-order valence-corrected chi connectivity index (χ4v) is 9.96. The molecule has 1 heterocycles. The lowest BCUT2D eigenvalue weighted by molar-refractivity contribution is -0.128. The van der Waals surface area contributed by atoms with Crippen molar-refractivity contribution >= 4 is 0 Å². The van der Waals surface area contributed by atoms with E-state index < -0.39 is 0 Å². The van der Waals surface area contributed by atoms with Gasteiger partial charge in [0, 0.05) is 6.54 Å². The molecule has 0 aromatic rings. The van der Waals surface area contributed by atoms with E-state index in [0.29, 0.717) is 16.7 Å². The third-order valence-electron chi connectivity index (χ3n) is 11.7. The Hall–Kier alpha value is -0.340. The number of aliphatic hydroxyl groups is 1. The highest BCUT2D eigenvalue weighted by Crippen LogP contribution is 2.68. The molecule has 1 N–H and O–H groups in total. The van der Waals surface area contributed by atoms with Crippen LogP contribution in [0.15, 0.2) is 11.1 Å². The van der Waals surface area contributed by atoms with Crippen molar-refractivity contribution in [1.82, 2.24) is 4.90 Å². The van der Waals surface area contributed by atoms with E-state index in [1.54, 1.807) is 0 Å². The maximum Gasteiger partial charge on any atom is 0.0594 e. The summed E-state index contributed by atoms with van der Waals surface area (Å²) in [5, 5.41) is 10.8. The lowest BCUT2D eigenvalue weighted by Crippen LogP contribution is -2.56. The highest BCUT2D eigenvalue weighted by molar-refractivity contribution is 5.35. The van der Waals surface area contributed by atoms with Crippen molar-refractivity contribution in [2.45, 2.75) is 111 Å². The van der Waals surface area contributed by atoms with E-state index in [2.05, 4.69) is 39.5 Å². The Morgan fingerprint density at radius 3 is 2.42 bits per heavy atom. The van der Waals surface area contributed by atoms with Gasteiger partial charge in [0.05, 0.1) is 6.10 Å². The Bertz CT molecular complexity index is 718. The number of hydrogen-bond acceptors (Lipinski definition) is 2. The number of fused-ring (bicyclic) bond motifs is 4. The summed E-state index contributed by atoms with van der Waals surface area (Å²) in [6.07, 6.45) is 14.6. The van der Waals surface area contributed by atoms with Crippen LogP contribution in [0.25, 0.3) is 0 Å². The molecule has 4 fully saturated rings. The van der Waals surface area contributed by atoms with Gasteiger partial charge in [-0.25, -0.2) is 0 Å². The summed E-state index contributed by atoms with van der Waals surface area (Å²) >= 11 is 0. The fraction of sp³-hybridized carbons (Fsp3) is 0.931. The van der Waals surface area contributed by atoms with Crippen LogP contribution in [0.3, 0.4) is 0 Å². The standard InChI is InChI=1S/C29H49NO/c1-20(19-30-17-7-6-8-18-30)22-10-11-23-21-9-12-25-27(2,3)26(31)14-16-29(25,5)24(21)13-15-28(22,23)4/h20,22,24-26,31H,6-19H2,1-5H3/t20-,22-,24?,25+,26+,28-,29-/m1/s1. The molecule has 1 unspecified atom stereocenters. The van der Waals surface area contributed by atoms with E-state index in [4.69, 9.17) is 0 Å². The molecule has 2 heteroatoms. The van der Waals surface area contributed by atoms with Crippen molar-refractivity contribution in [1.29, 1.82) is 0 Å². The molecule has 0 spiro atoms. The van der Waals surface area contributed by atoms with Gasteiger partial charge in [-0.15, -0.1) is 0 Å². The number of hydrogen-bond donors (Lipinski definition) is 1. The second-order valence-electron chi connectivity index (χ2n) is 13.5. The van der Waals surface area contributed by atoms with E-state index in [9.17, 15) is 5.11 Å². The van der Waals surface area contributed by atoms with Gasteiger partial charge in [-0.05, 0) is 117 Å². The maximum absolute atomic E-state index is 10.8. The first kappa shape index (κ1) is 22.5. The SMILES string of the molecule is C[C@H](CN1CCCCC1)[C@H]1CCC2=C3CC[C@H]4C(C)(C)[C@@H](O)CC[C@]4(C)C3CC[C@@]21C. The Labute approximate surface area is 192 Å². The summed E-state index contributed by atoms with van der Waals surface area (Å²) in [6.45, 7) is 16.6. The van der Waals surface area contributed by atoms with Gasteiger partial charge >= 0.3 is 0 Å². The van der Waals surface area contributed by atoms with Crippen LogP contribution in [0.1, 0.15) is 105 Å². The summed E-state index contributed by atoms with van der Waals surface area (Å²) < 4.78 is 0. The van der Waals surface area contributed by atoms with Gasteiger partial charge in [0.25, 0.3) is 0 Å². The predicted molar refractivity (Wildman–Crippen MR) is 130 cm³/mol. The first-order valence-electron chi connectivity index (χ1n) is 13.8. The zero-order chi connectivity index (χ0) is 22.0. The molecule has 5 rings (SSSR count). The molecule has 31 heavy (non-hydrogen) atoms. The van der Waals surface area contributed by atoms with E-state index in [1.165, 1.54) is 83.8 Å². The molecule has 1 saturated heterocycles. The number of piperidine rings is 1. The van der Waals surface area contributed by atoms with Gasteiger partial charge in [-0.2, -0.15) is 0 Å². The van der Waals surface area contributed by atoms with E-state index >= 15 is 0 Å². The smallest absolute Gasteiger partial charge is 0.0594 e. The van der Waals surface area contributed by atoms with Crippen LogP contribution in [-0.4, -0.2) is 35.7 Å². The van der Waals surface area contributed by atoms with Crippen LogP contribution in [0.2, 0.25) is 0 Å². The number of likely N-dealkylation sites (tertiary alicyclic amines) is 1. The summed E-state index contributed by atoms with van der Waals surface area (Å²) in [5.74, 6) is 3.18. The van der Waals surface area contributed by atoms with Gasteiger partial charge in [0.2, 0.25) is 0 Å². The molecule has 0 radical (unpaired) electrons. The Kier molecular flexibility index (Phi) is 5.70. The van der Waals surface area contributed by atoms with Gasteiger partial charge in [0.15, 0.2) is 0 Å². The largest absolute Gasteiger partial charge is 0.393 e. The van der Waals surface area contributed by atoms with Crippen LogP contribution in [0.4, 0.5) is 0 Å². The quantitative estimate of drug-likeness (QED) is 0.499. The molecule has 2 nitrogen and oxygen atoms in total. The first-order chi connectivity index (χ1) is 14.7. The Morgan fingerprint density at radius 2 is 1.68 bits per heavy atom. The molecule has 176 valence electrons. The summed E-state index contributed by atoms with van der Waals surface area (Å²) in [7, 11) is 0. The predicted octanol–water partition coefficient (Wildman–Crippen LogP) is 6.83. The zero-order valence-corrected chi connectivity index (χ0v) is 21.2. The van der Waals surface area contributed by atoms with E-state index in [1.807, 2.05) is 11.1 Å². The van der Waals surface area contributed by atoms with Gasteiger partial charge in [-0.3, -0.25) is 0 Å². The summed E-state index contributed by atoms with van der Waals surface area (Å²) in [4.78, 5) is 2.77. The monoisotopic (exact) mass is 427 g/mol. The van der Waals surface area contributed by atoms with Crippen molar-refractivity contribution in [3.05, 3.63) is 11.1 Å². The van der Waals surface area contributed by atoms with Crippen molar-refractivity contribution < 1.29 is 5.11 Å². The van der Waals surface area contributed by atoms with Crippen molar-refractivity contribution in [3.63, 3.8) is 0 Å². The molecule has 7 atom stereocenters. The van der Waals surface area contributed by atoms with Crippen LogP contribution in [0, 0.1) is 39.9 Å². The molecule has 3 saturated carbocycles. The molecule has 0 aromatic heterocycles. The van der Waals surface area contributed by atoms with Crippen LogP contribution < -0.4 is 0 Å². The van der Waals surface area contributed by atoms with E-state index in [0.717, 1.165) is 24.2 Å². The third kappa shape index (κ3) is 3.40. The van der Waals surface area contributed by atoms with Gasteiger partial charge < -0.3 is 10.0 Å². The fourth-order valence-electron chi connectivity index (χ4n) is 9.96. The molecular formula is C29H49NO. The lowest BCUT2D eigenvalue weighted by atomic mass is 9.44. The van der Waals surface area contributed by atoms with Crippen molar-refractivity contribution in [3.8, 4) is 0 Å². The second-order valence-corrected chi connectivity index (χ2v) is 13.5. The first-order valence-corrected chi connectivity index (χ1v) is 13.8. The van der Waals surface area contributed by atoms with Crippen LogP contribution in [0.5, 0.6) is 0 Å². The van der Waals surface area contributed by atoms with Crippen LogP contribution in [-0.2, 0) is 0 Å². The van der Waals surface area contributed by atoms with Crippen molar-refractivity contribution in [2.24, 2.45) is 39.9 Å². The Balaban J connectivity index is 1.39. The minimum absolute atomic E-state index is 0.0745. The average molecular weight is 428 g/mol. The topological polar surface area (TPSA) is 23.5 Å². The summed E-state index contributed by atoms with van der Waals surface area (Å²) in [5.41, 5.74) is 4.77. The zero-order valence-electron chi connectivity index (χ0n) is 21.2. The highest BCUT2D eigenvalue weighted by Gasteiger charge is 2.59. The minimum atomic E-state index is -0.111. The van der Waals surface area contributed by atoms with E-state index in [-0.39, 0.29) is 11.5 Å². The number of rotatable bonds is 3. The molecular weight excluding hydrogens is 378 g/mol. The van der Waals surface area contributed by atoms with Crippen LogP contribution >= 0.6 is 0 Å². The molecule has 0 aromatic carbocycles. The average Bonchev–Trinajstić information content (AvgIpc) is 3.09. The lowest BCUT2D eigenvalue weighted by Gasteiger charge is -2.61. The Morgan fingerprint density at radius 1 is 0.935 bits per heavy atom. The second kappa shape index (κ2) is 7.86. The van der Waals surface area contributed by atoms with Gasteiger partial charge in [-0.1, -0.05) is 52.2 Å². The molecule has 0 amide bonds. The number of nitrogens with zero attached hydrogens (tertiary/aromatic N) is 1. The normalized spacial score (nSPS) is 46.3. The summed E-state index contributed by atoms with van der Waals surface area (Å²) in [6, 6.07) is 0. The third-order valence-corrected chi connectivity index (χ3v) is 11.7. The van der Waals surface area contributed by atoms with Crippen molar-refractivity contribution in [2.75, 3.05) is 19.6 Å². The number of aliphatic hydroxyl groups excluding tert-OH is 1. The highest BCUT2D eigenvalue weighted by atomic mass is 16.3. The van der Waals surface area contributed by atoms with Gasteiger partial charge in [0.1, 0.15) is 0 Å². The molecule has 5 aliphatic rings. The molecule has 0 bridgehead atoms.